The fourth-order valence-electron chi connectivity index (χ4n) is 5.19. The maximum atomic E-state index is 15.6. The van der Waals surface area contributed by atoms with E-state index in [0.29, 0.717) is 40.3 Å². The van der Waals surface area contributed by atoms with Gasteiger partial charge in [-0.15, -0.1) is 5.10 Å². The highest BCUT2D eigenvalue weighted by Gasteiger charge is 2.39. The van der Waals surface area contributed by atoms with Gasteiger partial charge in [-0.1, -0.05) is 42.4 Å². The zero-order valence-corrected chi connectivity index (χ0v) is 24.6. The van der Waals surface area contributed by atoms with E-state index in [-0.39, 0.29) is 52.7 Å². The van der Waals surface area contributed by atoms with Crippen molar-refractivity contribution in [2.24, 2.45) is 5.41 Å². The Morgan fingerprint density at radius 1 is 1.09 bits per heavy atom. The molecular formula is C30H26F3N5O5S. The molecular weight excluding hydrogens is 599 g/mol. The number of carbonyl (C=O) groups is 1. The van der Waals surface area contributed by atoms with Gasteiger partial charge in [0.25, 0.3) is 11.1 Å². The van der Waals surface area contributed by atoms with Gasteiger partial charge in [0.1, 0.15) is 23.8 Å². The average molecular weight is 626 g/mol. The van der Waals surface area contributed by atoms with Gasteiger partial charge in [-0.2, -0.15) is 0 Å². The second kappa shape index (κ2) is 11.5. The summed E-state index contributed by atoms with van der Waals surface area (Å²) in [6.45, 7) is 4.64. The van der Waals surface area contributed by atoms with Crippen LogP contribution in [0.5, 0.6) is 11.1 Å². The summed E-state index contributed by atoms with van der Waals surface area (Å²) in [7, 11) is 1.46. The van der Waals surface area contributed by atoms with E-state index in [1.54, 1.807) is 16.7 Å². The number of ether oxygens (including phenoxy) is 3. The summed E-state index contributed by atoms with van der Waals surface area (Å²) in [4.78, 5) is 20.4. The van der Waals surface area contributed by atoms with Crippen molar-refractivity contribution in [2.45, 2.75) is 32.9 Å². The van der Waals surface area contributed by atoms with E-state index >= 15 is 8.78 Å². The number of hydrogen-bond donors (Lipinski definition) is 1. The first-order valence-corrected chi connectivity index (χ1v) is 14.3. The first-order chi connectivity index (χ1) is 21.0. The number of nitrogens with zero attached hydrogens (tertiary/aromatic N) is 5. The summed E-state index contributed by atoms with van der Waals surface area (Å²) in [6.07, 6.45) is -0.00820. The predicted molar refractivity (Wildman–Crippen MR) is 153 cm³/mol. The quantitative estimate of drug-likeness (QED) is 0.215. The highest BCUT2D eigenvalue weighted by molar-refractivity contribution is 7.13. The van der Waals surface area contributed by atoms with Crippen molar-refractivity contribution < 1.29 is 37.3 Å². The van der Waals surface area contributed by atoms with Crippen molar-refractivity contribution in [1.82, 2.24) is 24.7 Å². The second-order valence-corrected chi connectivity index (χ2v) is 12.0. The van der Waals surface area contributed by atoms with E-state index < -0.39 is 23.4 Å². The smallest absolute Gasteiger partial charge is 0.335 e. The van der Waals surface area contributed by atoms with Crippen LogP contribution in [0.3, 0.4) is 0 Å². The minimum atomic E-state index is -1.27. The molecule has 1 saturated heterocycles. The van der Waals surface area contributed by atoms with Crippen molar-refractivity contribution in [1.29, 1.82) is 0 Å². The van der Waals surface area contributed by atoms with Crippen LogP contribution in [0.15, 0.2) is 42.5 Å². The molecule has 0 spiro atoms. The molecule has 5 aromatic rings. The highest BCUT2D eigenvalue weighted by atomic mass is 32.1. The van der Waals surface area contributed by atoms with Crippen molar-refractivity contribution in [3.63, 3.8) is 0 Å². The molecule has 1 atom stereocenters. The minimum absolute atomic E-state index is 0.000238. The Morgan fingerprint density at radius 2 is 1.91 bits per heavy atom. The average Bonchev–Trinajstić information content (AvgIpc) is 3.69. The van der Waals surface area contributed by atoms with Gasteiger partial charge in [0.15, 0.2) is 16.6 Å². The third-order valence-electron chi connectivity index (χ3n) is 7.50. The summed E-state index contributed by atoms with van der Waals surface area (Å²) in [6, 6.07) is 9.07. The molecule has 14 heteroatoms. The van der Waals surface area contributed by atoms with Gasteiger partial charge in [0.2, 0.25) is 0 Å². The Labute approximate surface area is 253 Å². The normalized spacial score (nSPS) is 16.0. The van der Waals surface area contributed by atoms with E-state index in [9.17, 15) is 14.3 Å². The molecule has 228 valence electrons. The molecule has 6 rings (SSSR count). The fraction of sp³-hybridized carbons (Fsp3) is 0.300. The lowest BCUT2D eigenvalue weighted by Crippen LogP contribution is -2.27. The van der Waals surface area contributed by atoms with Crippen LogP contribution in [0.2, 0.25) is 0 Å². The number of carboxylic acids is 1. The van der Waals surface area contributed by atoms with Crippen LogP contribution in [-0.2, 0) is 17.8 Å². The highest BCUT2D eigenvalue weighted by Crippen LogP contribution is 2.41. The largest absolute Gasteiger partial charge is 0.478 e. The standard InChI is InChI=1S/C30H26F3N5O5S/c1-30(2)14-42-12-23(30)38-22-10-17(28(39)40)9-20(33)26(22)35-24(38)11-15-4-5-16(8-19(15)32)21-7-6-18(31)27(34-21)43-13-25-36-37-29(41-3)44-25/h4-10,23H,11-14H2,1-3H3,(H,39,40). The van der Waals surface area contributed by atoms with E-state index in [0.717, 1.165) is 17.4 Å². The Kier molecular flexibility index (Phi) is 7.72. The molecule has 4 heterocycles. The van der Waals surface area contributed by atoms with Crippen LogP contribution in [0.25, 0.3) is 22.3 Å². The van der Waals surface area contributed by atoms with Crippen molar-refractivity contribution in [3.05, 3.63) is 81.9 Å². The van der Waals surface area contributed by atoms with Gasteiger partial charge in [0.05, 0.1) is 43.1 Å². The molecule has 2 aromatic carbocycles. The lowest BCUT2D eigenvalue weighted by molar-refractivity contribution is 0.0696. The molecule has 0 saturated carbocycles. The molecule has 1 aliphatic rings. The molecule has 44 heavy (non-hydrogen) atoms. The van der Waals surface area contributed by atoms with Gasteiger partial charge in [0, 0.05) is 17.4 Å². The molecule has 1 aliphatic heterocycles. The number of aromatic nitrogens is 5. The Morgan fingerprint density at radius 3 is 2.59 bits per heavy atom. The van der Waals surface area contributed by atoms with E-state index in [1.807, 2.05) is 13.8 Å². The summed E-state index contributed by atoms with van der Waals surface area (Å²) >= 11 is 1.15. The lowest BCUT2D eigenvalue weighted by Gasteiger charge is -2.28. The number of halogens is 3. The number of aromatic carboxylic acids is 1. The van der Waals surface area contributed by atoms with Gasteiger partial charge >= 0.3 is 5.97 Å². The van der Waals surface area contributed by atoms with Crippen molar-refractivity contribution in [2.75, 3.05) is 20.3 Å². The van der Waals surface area contributed by atoms with Crippen LogP contribution in [-0.4, -0.2) is 56.1 Å². The van der Waals surface area contributed by atoms with Gasteiger partial charge in [-0.05, 0) is 35.9 Å². The molecule has 1 N–H and O–H groups in total. The van der Waals surface area contributed by atoms with Crippen molar-refractivity contribution >= 4 is 28.3 Å². The SMILES string of the molecule is COc1nnc(COc2nc(-c3ccc(Cc4nc5c(F)cc(C(=O)O)cc5n4C4COCC4(C)C)c(F)c3)ccc2F)s1. The zero-order valence-electron chi connectivity index (χ0n) is 23.8. The maximum absolute atomic E-state index is 15.6. The lowest BCUT2D eigenvalue weighted by atomic mass is 9.87. The Bertz CT molecular complexity index is 1890. The monoisotopic (exact) mass is 625 g/mol. The van der Waals surface area contributed by atoms with Gasteiger partial charge in [-0.25, -0.2) is 27.9 Å². The number of imidazole rings is 1. The summed E-state index contributed by atoms with van der Waals surface area (Å²) in [5, 5.41) is 18.0. The van der Waals surface area contributed by atoms with Crippen molar-refractivity contribution in [3.8, 4) is 22.3 Å². The molecule has 0 aliphatic carbocycles. The number of benzene rings is 2. The van der Waals surface area contributed by atoms with E-state index in [2.05, 4.69) is 20.2 Å². The van der Waals surface area contributed by atoms with Crippen LogP contribution in [0.4, 0.5) is 13.2 Å². The number of fused-ring (bicyclic) bond motifs is 1. The zero-order chi connectivity index (χ0) is 31.2. The molecule has 10 nitrogen and oxygen atoms in total. The third kappa shape index (κ3) is 5.57. The van der Waals surface area contributed by atoms with Crippen LogP contribution in [0, 0.1) is 22.9 Å². The maximum Gasteiger partial charge on any atom is 0.335 e. The second-order valence-electron chi connectivity index (χ2n) is 11.0. The first kappa shape index (κ1) is 29.5. The molecule has 0 bridgehead atoms. The number of methoxy groups -OCH3 is 1. The predicted octanol–water partition coefficient (Wildman–Crippen LogP) is 5.84. The number of rotatable bonds is 9. The van der Waals surface area contributed by atoms with Gasteiger partial charge in [-0.3, -0.25) is 0 Å². The van der Waals surface area contributed by atoms with Crippen LogP contribution >= 0.6 is 11.3 Å². The molecule has 1 unspecified atom stereocenters. The third-order valence-corrected chi connectivity index (χ3v) is 8.36. The number of pyridine rings is 1. The molecule has 0 radical (unpaired) electrons. The minimum Gasteiger partial charge on any atom is -0.478 e. The fourth-order valence-corrected chi connectivity index (χ4v) is 5.76. The van der Waals surface area contributed by atoms with E-state index in [4.69, 9.17) is 14.2 Å². The number of carboxylic acid groups (broad SMARTS) is 1. The molecule has 0 amide bonds. The van der Waals surface area contributed by atoms with E-state index in [1.165, 1.54) is 31.4 Å². The first-order valence-electron chi connectivity index (χ1n) is 13.5. The van der Waals surface area contributed by atoms with Gasteiger partial charge < -0.3 is 23.9 Å². The van der Waals surface area contributed by atoms with Crippen LogP contribution < -0.4 is 9.47 Å². The number of hydrogen-bond acceptors (Lipinski definition) is 9. The summed E-state index contributed by atoms with van der Waals surface area (Å²) in [5.41, 5.74) is 0.633. The van der Waals surface area contributed by atoms with Crippen LogP contribution in [0.1, 0.15) is 46.6 Å². The molecule has 3 aromatic heterocycles. The topological polar surface area (TPSA) is 121 Å². The summed E-state index contributed by atoms with van der Waals surface area (Å²) < 4.78 is 63.1. The Balaban J connectivity index is 1.31. The Hall–Kier alpha value is -4.56. The summed E-state index contributed by atoms with van der Waals surface area (Å²) in [5.74, 6) is -3.24. The molecule has 1 fully saturated rings.